The molecule has 1 aliphatic rings. The molecule has 134 valence electrons. The molecular formula is C18H28ClN3O2. The first-order valence-corrected chi connectivity index (χ1v) is 8.93. The molecule has 24 heavy (non-hydrogen) atoms. The van der Waals surface area contributed by atoms with E-state index in [2.05, 4.69) is 21.7 Å². The van der Waals surface area contributed by atoms with Gasteiger partial charge in [0.05, 0.1) is 6.61 Å². The Hall–Kier alpha value is -1.30. The standard InChI is InChI=1S/C18H28ClN3O2/c1-20-17(22-13-18(8-11-23)9-12-24-14-18)21-10-4-6-15-5-2-3-7-16(15)19/h2-3,5,7,23H,4,6,8-14H2,1H3,(H2,20,21,22). The van der Waals surface area contributed by atoms with E-state index in [1.807, 2.05) is 18.2 Å². The van der Waals surface area contributed by atoms with Gasteiger partial charge in [0, 0.05) is 43.8 Å². The van der Waals surface area contributed by atoms with Gasteiger partial charge in [-0.3, -0.25) is 4.99 Å². The van der Waals surface area contributed by atoms with Crippen LogP contribution in [0.4, 0.5) is 0 Å². The molecule has 0 amide bonds. The Morgan fingerprint density at radius 2 is 2.21 bits per heavy atom. The smallest absolute Gasteiger partial charge is 0.190 e. The Bertz CT molecular complexity index is 531. The summed E-state index contributed by atoms with van der Waals surface area (Å²) in [5.74, 6) is 0.790. The van der Waals surface area contributed by atoms with Crippen LogP contribution in [0.1, 0.15) is 24.8 Å². The minimum atomic E-state index is 0.0178. The zero-order valence-corrected chi connectivity index (χ0v) is 15.1. The molecule has 0 saturated carbocycles. The van der Waals surface area contributed by atoms with Crippen LogP contribution in [0.2, 0.25) is 5.02 Å². The minimum Gasteiger partial charge on any atom is -0.396 e. The lowest BCUT2D eigenvalue weighted by Gasteiger charge is -2.27. The molecule has 1 fully saturated rings. The fourth-order valence-corrected chi connectivity index (χ4v) is 3.22. The van der Waals surface area contributed by atoms with Crippen LogP contribution in [-0.2, 0) is 11.2 Å². The van der Waals surface area contributed by atoms with Gasteiger partial charge in [0.15, 0.2) is 5.96 Å². The summed E-state index contributed by atoms with van der Waals surface area (Å²) < 4.78 is 5.51. The first-order valence-electron chi connectivity index (χ1n) is 8.56. The van der Waals surface area contributed by atoms with Gasteiger partial charge < -0.3 is 20.5 Å². The molecule has 0 spiro atoms. The lowest BCUT2D eigenvalue weighted by atomic mass is 9.84. The largest absolute Gasteiger partial charge is 0.396 e. The fraction of sp³-hybridized carbons (Fsp3) is 0.611. The van der Waals surface area contributed by atoms with Crippen LogP contribution in [0.5, 0.6) is 0 Å². The lowest BCUT2D eigenvalue weighted by Crippen LogP contribution is -2.44. The van der Waals surface area contributed by atoms with Crippen molar-refractivity contribution in [1.82, 2.24) is 10.6 Å². The van der Waals surface area contributed by atoms with Gasteiger partial charge >= 0.3 is 0 Å². The lowest BCUT2D eigenvalue weighted by molar-refractivity contribution is 0.127. The summed E-state index contributed by atoms with van der Waals surface area (Å²) in [7, 11) is 1.77. The highest BCUT2D eigenvalue weighted by atomic mass is 35.5. The Morgan fingerprint density at radius 1 is 1.38 bits per heavy atom. The number of aliphatic imine (C=N–C) groups is 1. The van der Waals surface area contributed by atoms with Crippen LogP contribution in [0.3, 0.4) is 0 Å². The molecule has 0 radical (unpaired) electrons. The van der Waals surface area contributed by atoms with Crippen molar-refractivity contribution in [3.63, 3.8) is 0 Å². The van der Waals surface area contributed by atoms with E-state index in [1.165, 1.54) is 5.56 Å². The van der Waals surface area contributed by atoms with Gasteiger partial charge in [-0.05, 0) is 37.3 Å². The molecule has 1 atom stereocenters. The number of aliphatic hydroxyl groups excluding tert-OH is 1. The van der Waals surface area contributed by atoms with Gasteiger partial charge in [0.25, 0.3) is 0 Å². The SMILES string of the molecule is CN=C(NCCCc1ccccc1Cl)NCC1(CCO)CCOC1. The van der Waals surface area contributed by atoms with Crippen molar-refractivity contribution in [2.45, 2.75) is 25.7 Å². The first kappa shape index (κ1) is 19.0. The Morgan fingerprint density at radius 3 is 2.88 bits per heavy atom. The summed E-state index contributed by atoms with van der Waals surface area (Å²) in [6.45, 7) is 3.25. The van der Waals surface area contributed by atoms with E-state index in [4.69, 9.17) is 16.3 Å². The molecule has 5 nitrogen and oxygen atoms in total. The minimum absolute atomic E-state index is 0.0178. The topological polar surface area (TPSA) is 65.9 Å². The number of guanidine groups is 1. The molecule has 1 aliphatic heterocycles. The first-order chi connectivity index (χ1) is 11.7. The van der Waals surface area contributed by atoms with Gasteiger partial charge in [-0.15, -0.1) is 0 Å². The van der Waals surface area contributed by atoms with Crippen molar-refractivity contribution in [2.24, 2.45) is 10.4 Å². The highest BCUT2D eigenvalue weighted by molar-refractivity contribution is 6.31. The van der Waals surface area contributed by atoms with Crippen molar-refractivity contribution >= 4 is 17.6 Å². The van der Waals surface area contributed by atoms with Crippen LogP contribution in [-0.4, -0.2) is 51.0 Å². The van der Waals surface area contributed by atoms with E-state index in [0.29, 0.717) is 6.61 Å². The molecule has 1 heterocycles. The second-order valence-corrected chi connectivity index (χ2v) is 6.73. The third-order valence-corrected chi connectivity index (χ3v) is 4.92. The van der Waals surface area contributed by atoms with Crippen LogP contribution in [0, 0.1) is 5.41 Å². The van der Waals surface area contributed by atoms with Crippen LogP contribution in [0.15, 0.2) is 29.3 Å². The average molecular weight is 354 g/mol. The number of halogens is 1. The maximum atomic E-state index is 9.28. The fourth-order valence-electron chi connectivity index (χ4n) is 2.99. The van der Waals surface area contributed by atoms with E-state index in [9.17, 15) is 5.11 Å². The van der Waals surface area contributed by atoms with Crippen LogP contribution >= 0.6 is 11.6 Å². The highest BCUT2D eigenvalue weighted by Gasteiger charge is 2.34. The van der Waals surface area contributed by atoms with E-state index < -0.39 is 0 Å². The van der Waals surface area contributed by atoms with E-state index in [1.54, 1.807) is 7.05 Å². The molecule has 0 bridgehead atoms. The van der Waals surface area contributed by atoms with Crippen molar-refractivity contribution in [3.8, 4) is 0 Å². The van der Waals surface area contributed by atoms with Gasteiger partial charge in [-0.1, -0.05) is 29.8 Å². The second-order valence-electron chi connectivity index (χ2n) is 6.32. The molecule has 3 N–H and O–H groups in total. The van der Waals surface area contributed by atoms with Crippen molar-refractivity contribution in [2.75, 3.05) is 40.0 Å². The molecule has 6 heteroatoms. The van der Waals surface area contributed by atoms with Gasteiger partial charge in [0.2, 0.25) is 0 Å². The van der Waals surface area contributed by atoms with Crippen molar-refractivity contribution in [3.05, 3.63) is 34.9 Å². The van der Waals surface area contributed by atoms with Gasteiger partial charge in [0.1, 0.15) is 0 Å². The van der Waals surface area contributed by atoms with E-state index in [0.717, 1.165) is 56.4 Å². The third-order valence-electron chi connectivity index (χ3n) is 4.55. The summed E-state index contributed by atoms with van der Waals surface area (Å²) in [5, 5.41) is 16.8. The Labute approximate surface area is 149 Å². The number of benzene rings is 1. The summed E-state index contributed by atoms with van der Waals surface area (Å²) >= 11 is 6.17. The molecule has 1 aromatic rings. The third kappa shape index (κ3) is 5.65. The molecule has 0 aliphatic carbocycles. The van der Waals surface area contributed by atoms with Crippen LogP contribution < -0.4 is 10.6 Å². The normalized spacial score (nSPS) is 21.0. The molecule has 1 aromatic carbocycles. The van der Waals surface area contributed by atoms with Crippen molar-refractivity contribution in [1.29, 1.82) is 0 Å². The summed E-state index contributed by atoms with van der Waals surface area (Å²) in [4.78, 5) is 4.27. The van der Waals surface area contributed by atoms with E-state index in [-0.39, 0.29) is 12.0 Å². The summed E-state index contributed by atoms with van der Waals surface area (Å²) in [5.41, 5.74) is 1.19. The number of ether oxygens (including phenoxy) is 1. The predicted molar refractivity (Wildman–Crippen MR) is 98.7 cm³/mol. The Balaban J connectivity index is 1.71. The van der Waals surface area contributed by atoms with Gasteiger partial charge in [-0.25, -0.2) is 0 Å². The molecule has 0 aromatic heterocycles. The molecule has 2 rings (SSSR count). The number of nitrogens with one attached hydrogen (secondary N) is 2. The summed E-state index contributed by atoms with van der Waals surface area (Å²) in [6.07, 6.45) is 3.65. The maximum Gasteiger partial charge on any atom is 0.190 e. The molecule has 1 unspecified atom stereocenters. The van der Waals surface area contributed by atoms with Gasteiger partial charge in [-0.2, -0.15) is 0 Å². The average Bonchev–Trinajstić information content (AvgIpc) is 3.05. The zero-order chi connectivity index (χ0) is 17.3. The number of hydrogen-bond donors (Lipinski definition) is 3. The number of nitrogens with zero attached hydrogens (tertiary/aromatic N) is 1. The highest BCUT2D eigenvalue weighted by Crippen LogP contribution is 2.31. The number of hydrogen-bond acceptors (Lipinski definition) is 3. The molecule has 1 saturated heterocycles. The van der Waals surface area contributed by atoms with E-state index >= 15 is 0 Å². The van der Waals surface area contributed by atoms with Crippen molar-refractivity contribution < 1.29 is 9.84 Å². The Kier molecular flexibility index (Phi) is 7.82. The quantitative estimate of drug-likeness (QED) is 0.381. The summed E-state index contributed by atoms with van der Waals surface area (Å²) in [6, 6.07) is 7.95. The molecular weight excluding hydrogens is 326 g/mol. The number of rotatable bonds is 8. The predicted octanol–water partition coefficient (Wildman–Crippen LogP) is 2.23. The second kappa shape index (κ2) is 9.87. The number of aliphatic hydroxyl groups is 1. The zero-order valence-electron chi connectivity index (χ0n) is 14.4. The monoisotopic (exact) mass is 353 g/mol. The van der Waals surface area contributed by atoms with Crippen LogP contribution in [0.25, 0.3) is 0 Å². The maximum absolute atomic E-state index is 9.28. The number of aryl methyl sites for hydroxylation is 1.